The van der Waals surface area contributed by atoms with Crippen molar-refractivity contribution in [1.82, 2.24) is 0 Å². The van der Waals surface area contributed by atoms with Crippen LogP contribution < -0.4 is 10.6 Å². The van der Waals surface area contributed by atoms with Gasteiger partial charge >= 0.3 is 6.18 Å². The van der Waals surface area contributed by atoms with E-state index in [0.29, 0.717) is 0 Å². The van der Waals surface area contributed by atoms with Gasteiger partial charge in [-0.25, -0.2) is 0 Å². The Morgan fingerprint density at radius 3 is 2.30 bits per heavy atom. The number of rotatable bonds is 2. The summed E-state index contributed by atoms with van der Waals surface area (Å²) >= 11 is 11.1. The summed E-state index contributed by atoms with van der Waals surface area (Å²) in [6.45, 7) is 3.84. The molecule has 0 aromatic heterocycles. The van der Waals surface area contributed by atoms with E-state index in [2.05, 4.69) is 10.6 Å². The van der Waals surface area contributed by atoms with Gasteiger partial charge in [-0.3, -0.25) is 0 Å². The van der Waals surface area contributed by atoms with E-state index in [1.165, 1.54) is 6.07 Å². The van der Waals surface area contributed by atoms with Crippen LogP contribution in [-0.4, -0.2) is 5.11 Å². The Bertz CT molecular complexity index is 745. The zero-order valence-electron chi connectivity index (χ0n) is 12.4. The van der Waals surface area contributed by atoms with Crippen LogP contribution in [0.3, 0.4) is 0 Å². The summed E-state index contributed by atoms with van der Waals surface area (Å²) in [5.41, 5.74) is 2.10. The molecule has 0 unspecified atom stereocenters. The van der Waals surface area contributed by atoms with Crippen molar-refractivity contribution < 1.29 is 13.2 Å². The third-order valence-electron chi connectivity index (χ3n) is 3.18. The SMILES string of the molecule is Cc1ccc(C)c(NC(=S)Nc2cc(C(F)(F)F)ccc2Cl)c1. The molecule has 0 fully saturated rings. The van der Waals surface area contributed by atoms with Gasteiger partial charge in [-0.2, -0.15) is 13.2 Å². The molecule has 0 heterocycles. The van der Waals surface area contributed by atoms with Crippen molar-refractivity contribution >= 4 is 40.3 Å². The first-order valence-corrected chi connectivity index (χ1v) is 7.47. The molecule has 0 aliphatic rings. The molecular formula is C16H14ClF3N2S. The number of aryl methyl sites for hydroxylation is 2. The molecule has 122 valence electrons. The average molecular weight is 359 g/mol. The second-order valence-electron chi connectivity index (χ2n) is 5.09. The maximum absolute atomic E-state index is 12.8. The summed E-state index contributed by atoms with van der Waals surface area (Å²) in [7, 11) is 0. The van der Waals surface area contributed by atoms with Crippen molar-refractivity contribution in [2.24, 2.45) is 0 Å². The molecule has 2 rings (SSSR count). The predicted octanol–water partition coefficient (Wildman–Crippen LogP) is 5.78. The molecule has 0 aliphatic heterocycles. The maximum atomic E-state index is 12.8. The summed E-state index contributed by atoms with van der Waals surface area (Å²) in [5, 5.41) is 5.99. The number of hydrogen-bond donors (Lipinski definition) is 2. The van der Waals surface area contributed by atoms with Gasteiger partial charge in [0.1, 0.15) is 0 Å². The summed E-state index contributed by atoms with van der Waals surface area (Å²) in [4.78, 5) is 0. The lowest BCUT2D eigenvalue weighted by molar-refractivity contribution is -0.137. The quantitative estimate of drug-likeness (QED) is 0.665. The highest BCUT2D eigenvalue weighted by atomic mass is 35.5. The Morgan fingerprint density at radius 1 is 1.00 bits per heavy atom. The fraction of sp³-hybridized carbons (Fsp3) is 0.188. The van der Waals surface area contributed by atoms with Crippen molar-refractivity contribution in [3.8, 4) is 0 Å². The van der Waals surface area contributed by atoms with Crippen LogP contribution in [0.15, 0.2) is 36.4 Å². The first kappa shape index (κ1) is 17.6. The van der Waals surface area contributed by atoms with Gasteiger partial charge in [0.15, 0.2) is 5.11 Å². The molecule has 2 aromatic carbocycles. The highest BCUT2D eigenvalue weighted by molar-refractivity contribution is 7.80. The van der Waals surface area contributed by atoms with E-state index < -0.39 is 11.7 Å². The Morgan fingerprint density at radius 2 is 1.65 bits per heavy atom. The van der Waals surface area contributed by atoms with Crippen LogP contribution in [0.2, 0.25) is 5.02 Å². The fourth-order valence-corrected chi connectivity index (χ4v) is 2.33. The molecule has 0 spiro atoms. The van der Waals surface area contributed by atoms with Crippen LogP contribution >= 0.6 is 23.8 Å². The number of benzene rings is 2. The normalized spacial score (nSPS) is 11.2. The minimum Gasteiger partial charge on any atom is -0.332 e. The molecule has 0 aliphatic carbocycles. The zero-order valence-corrected chi connectivity index (χ0v) is 14.0. The van der Waals surface area contributed by atoms with Gasteiger partial charge in [0, 0.05) is 5.69 Å². The molecule has 2 aromatic rings. The van der Waals surface area contributed by atoms with Crippen molar-refractivity contribution in [2.75, 3.05) is 10.6 Å². The third kappa shape index (κ3) is 4.59. The lowest BCUT2D eigenvalue weighted by atomic mass is 10.1. The average Bonchev–Trinajstić information content (AvgIpc) is 2.44. The van der Waals surface area contributed by atoms with E-state index in [-0.39, 0.29) is 15.8 Å². The largest absolute Gasteiger partial charge is 0.416 e. The van der Waals surface area contributed by atoms with E-state index in [4.69, 9.17) is 23.8 Å². The van der Waals surface area contributed by atoms with Gasteiger partial charge in [-0.1, -0.05) is 23.7 Å². The molecule has 0 bridgehead atoms. The summed E-state index contributed by atoms with van der Waals surface area (Å²) in [5.74, 6) is 0. The molecule has 0 saturated carbocycles. The topological polar surface area (TPSA) is 24.1 Å². The van der Waals surface area contributed by atoms with Crippen LogP contribution in [0.1, 0.15) is 16.7 Å². The molecule has 2 N–H and O–H groups in total. The molecule has 0 atom stereocenters. The number of anilines is 2. The molecule has 0 saturated heterocycles. The summed E-state index contributed by atoms with van der Waals surface area (Å²) < 4.78 is 38.3. The van der Waals surface area contributed by atoms with Gasteiger partial charge in [0.2, 0.25) is 0 Å². The summed E-state index contributed by atoms with van der Waals surface area (Å²) in [6.07, 6.45) is -4.44. The van der Waals surface area contributed by atoms with Crippen molar-refractivity contribution in [1.29, 1.82) is 0 Å². The number of nitrogens with one attached hydrogen (secondary N) is 2. The fourth-order valence-electron chi connectivity index (χ4n) is 1.94. The van der Waals surface area contributed by atoms with E-state index in [9.17, 15) is 13.2 Å². The monoisotopic (exact) mass is 358 g/mol. The lowest BCUT2D eigenvalue weighted by Gasteiger charge is -2.15. The Balaban J connectivity index is 2.18. The molecule has 0 radical (unpaired) electrons. The summed E-state index contributed by atoms with van der Waals surface area (Å²) in [6, 6.07) is 8.83. The smallest absolute Gasteiger partial charge is 0.332 e. The molecule has 7 heteroatoms. The number of alkyl halides is 3. The van der Waals surface area contributed by atoms with Gasteiger partial charge in [-0.15, -0.1) is 0 Å². The third-order valence-corrected chi connectivity index (χ3v) is 3.72. The molecule has 2 nitrogen and oxygen atoms in total. The highest BCUT2D eigenvalue weighted by Crippen LogP contribution is 2.33. The predicted molar refractivity (Wildman–Crippen MR) is 92.2 cm³/mol. The Hall–Kier alpha value is -1.79. The van der Waals surface area contributed by atoms with Crippen LogP contribution in [0.5, 0.6) is 0 Å². The minimum absolute atomic E-state index is 0.101. The van der Waals surface area contributed by atoms with Gasteiger partial charge in [-0.05, 0) is 61.5 Å². The van der Waals surface area contributed by atoms with Crippen LogP contribution in [0.25, 0.3) is 0 Å². The number of thiocarbonyl (C=S) groups is 1. The van der Waals surface area contributed by atoms with E-state index in [0.717, 1.165) is 28.9 Å². The van der Waals surface area contributed by atoms with Gasteiger partial charge in [0.05, 0.1) is 16.3 Å². The second-order valence-corrected chi connectivity index (χ2v) is 5.91. The second kappa shape index (κ2) is 6.76. The van der Waals surface area contributed by atoms with Gasteiger partial charge < -0.3 is 10.6 Å². The maximum Gasteiger partial charge on any atom is 0.416 e. The van der Waals surface area contributed by atoms with Crippen LogP contribution in [0, 0.1) is 13.8 Å². The molecule has 0 amide bonds. The van der Waals surface area contributed by atoms with E-state index in [1.54, 1.807) is 0 Å². The number of halogens is 4. The minimum atomic E-state index is -4.44. The highest BCUT2D eigenvalue weighted by Gasteiger charge is 2.31. The van der Waals surface area contributed by atoms with Crippen molar-refractivity contribution in [3.05, 3.63) is 58.1 Å². The Labute approximate surface area is 142 Å². The van der Waals surface area contributed by atoms with E-state index in [1.807, 2.05) is 32.0 Å². The van der Waals surface area contributed by atoms with Crippen molar-refractivity contribution in [3.63, 3.8) is 0 Å². The first-order valence-electron chi connectivity index (χ1n) is 6.69. The van der Waals surface area contributed by atoms with Crippen molar-refractivity contribution in [2.45, 2.75) is 20.0 Å². The number of hydrogen-bond acceptors (Lipinski definition) is 1. The molecular weight excluding hydrogens is 345 g/mol. The lowest BCUT2D eigenvalue weighted by Crippen LogP contribution is -2.20. The van der Waals surface area contributed by atoms with Crippen LogP contribution in [0.4, 0.5) is 24.5 Å². The van der Waals surface area contributed by atoms with Gasteiger partial charge in [0.25, 0.3) is 0 Å². The van der Waals surface area contributed by atoms with E-state index >= 15 is 0 Å². The first-order chi connectivity index (χ1) is 10.7. The van der Waals surface area contributed by atoms with Crippen LogP contribution in [-0.2, 0) is 6.18 Å². The zero-order chi connectivity index (χ0) is 17.2. The Kier molecular flexibility index (Phi) is 5.16. The standard InChI is InChI=1S/C16H14ClF3N2S/c1-9-3-4-10(2)13(7-9)21-15(23)22-14-8-11(16(18,19)20)5-6-12(14)17/h3-8H,1-2H3,(H2,21,22,23). The molecule has 23 heavy (non-hydrogen) atoms.